The van der Waals surface area contributed by atoms with Crippen LogP contribution in [0.15, 0.2) is 77.4 Å². The first-order valence-electron chi connectivity index (χ1n) is 7.90. The van der Waals surface area contributed by atoms with Crippen molar-refractivity contribution in [1.82, 2.24) is 4.98 Å². The monoisotopic (exact) mass is 395 g/mol. The van der Waals surface area contributed by atoms with Gasteiger partial charge in [-0.05, 0) is 35.9 Å². The lowest BCUT2D eigenvalue weighted by Gasteiger charge is -2.19. The molecule has 0 spiro atoms. The van der Waals surface area contributed by atoms with Crippen LogP contribution in [0.2, 0.25) is 0 Å². The highest BCUT2D eigenvalue weighted by molar-refractivity contribution is 9.10. The molecule has 0 fully saturated rings. The highest BCUT2D eigenvalue weighted by Crippen LogP contribution is 2.18. The number of nitrogens with zero attached hydrogens (tertiary/aromatic N) is 2. The summed E-state index contributed by atoms with van der Waals surface area (Å²) in [6.07, 6.45) is 1.72. The third kappa shape index (κ3) is 4.67. The molecule has 0 unspecified atom stereocenters. The van der Waals surface area contributed by atoms with E-state index in [1.165, 1.54) is 5.56 Å². The van der Waals surface area contributed by atoms with Crippen LogP contribution in [0.1, 0.15) is 16.1 Å². The molecule has 0 saturated heterocycles. The molecular formula is C20H18BrN3O. The van der Waals surface area contributed by atoms with E-state index in [1.54, 1.807) is 12.3 Å². The van der Waals surface area contributed by atoms with Gasteiger partial charge >= 0.3 is 0 Å². The lowest BCUT2D eigenvalue weighted by molar-refractivity contribution is 0.102. The molecule has 0 aliphatic rings. The van der Waals surface area contributed by atoms with E-state index >= 15 is 0 Å². The van der Waals surface area contributed by atoms with Crippen LogP contribution in [0.25, 0.3) is 0 Å². The Bertz CT molecular complexity index is 850. The van der Waals surface area contributed by atoms with Gasteiger partial charge in [-0.15, -0.1) is 0 Å². The Balaban J connectivity index is 1.66. The van der Waals surface area contributed by atoms with Gasteiger partial charge in [0.1, 0.15) is 5.69 Å². The van der Waals surface area contributed by atoms with Crippen molar-refractivity contribution in [2.24, 2.45) is 0 Å². The molecular weight excluding hydrogens is 378 g/mol. The molecule has 25 heavy (non-hydrogen) atoms. The number of aromatic nitrogens is 1. The Kier molecular flexibility index (Phi) is 5.46. The van der Waals surface area contributed by atoms with Crippen molar-refractivity contribution < 1.29 is 4.79 Å². The summed E-state index contributed by atoms with van der Waals surface area (Å²) in [7, 11) is 2.01. The molecule has 5 heteroatoms. The average Bonchev–Trinajstić information content (AvgIpc) is 2.62. The molecule has 2 aromatic carbocycles. The Morgan fingerprint density at radius 1 is 1.08 bits per heavy atom. The number of hydrogen-bond acceptors (Lipinski definition) is 3. The van der Waals surface area contributed by atoms with Gasteiger partial charge in [-0.25, -0.2) is 4.98 Å². The van der Waals surface area contributed by atoms with Gasteiger partial charge in [0.25, 0.3) is 5.91 Å². The van der Waals surface area contributed by atoms with Crippen LogP contribution in [-0.2, 0) is 6.54 Å². The zero-order valence-electron chi connectivity index (χ0n) is 13.8. The SMILES string of the molecule is CN(Cc1ccccc1)c1ccc(C(=O)Nc2cccc(Br)c2)nc1. The topological polar surface area (TPSA) is 45.2 Å². The average molecular weight is 396 g/mol. The van der Waals surface area contributed by atoms with E-state index in [-0.39, 0.29) is 5.91 Å². The number of rotatable bonds is 5. The van der Waals surface area contributed by atoms with Crippen molar-refractivity contribution in [2.45, 2.75) is 6.54 Å². The van der Waals surface area contributed by atoms with E-state index in [0.29, 0.717) is 5.69 Å². The fourth-order valence-electron chi connectivity index (χ4n) is 2.46. The largest absolute Gasteiger partial charge is 0.369 e. The molecule has 0 aliphatic carbocycles. The van der Waals surface area contributed by atoms with Gasteiger partial charge in [0.2, 0.25) is 0 Å². The highest BCUT2D eigenvalue weighted by Gasteiger charge is 2.09. The van der Waals surface area contributed by atoms with Gasteiger partial charge in [0, 0.05) is 23.8 Å². The summed E-state index contributed by atoms with van der Waals surface area (Å²) in [5, 5.41) is 2.84. The van der Waals surface area contributed by atoms with Crippen LogP contribution in [0.4, 0.5) is 11.4 Å². The first-order valence-corrected chi connectivity index (χ1v) is 8.69. The van der Waals surface area contributed by atoms with E-state index < -0.39 is 0 Å². The van der Waals surface area contributed by atoms with Crippen molar-refractivity contribution in [1.29, 1.82) is 0 Å². The molecule has 4 nitrogen and oxygen atoms in total. The molecule has 1 aromatic heterocycles. The summed E-state index contributed by atoms with van der Waals surface area (Å²) in [5.41, 5.74) is 3.30. The first kappa shape index (κ1) is 17.2. The van der Waals surface area contributed by atoms with E-state index in [9.17, 15) is 4.79 Å². The second-order valence-corrected chi connectivity index (χ2v) is 6.62. The van der Waals surface area contributed by atoms with E-state index in [2.05, 4.69) is 43.3 Å². The highest BCUT2D eigenvalue weighted by atomic mass is 79.9. The van der Waals surface area contributed by atoms with Gasteiger partial charge in [-0.1, -0.05) is 52.3 Å². The third-order valence-corrected chi connectivity index (χ3v) is 4.26. The molecule has 3 aromatic rings. The lowest BCUT2D eigenvalue weighted by Crippen LogP contribution is -2.18. The quantitative estimate of drug-likeness (QED) is 0.678. The number of benzene rings is 2. The van der Waals surface area contributed by atoms with Crippen LogP contribution in [0, 0.1) is 0 Å². The maximum Gasteiger partial charge on any atom is 0.274 e. The molecule has 1 amide bonds. The number of pyridine rings is 1. The van der Waals surface area contributed by atoms with Gasteiger partial charge in [0.05, 0.1) is 11.9 Å². The first-order chi connectivity index (χ1) is 12.1. The molecule has 126 valence electrons. The van der Waals surface area contributed by atoms with Crippen molar-refractivity contribution >= 4 is 33.2 Å². The normalized spacial score (nSPS) is 10.3. The summed E-state index contributed by atoms with van der Waals surface area (Å²) in [6.45, 7) is 0.784. The number of hydrogen-bond donors (Lipinski definition) is 1. The molecule has 0 radical (unpaired) electrons. The van der Waals surface area contributed by atoms with Crippen LogP contribution in [0.3, 0.4) is 0 Å². The van der Waals surface area contributed by atoms with Crippen LogP contribution >= 0.6 is 15.9 Å². The van der Waals surface area contributed by atoms with Crippen molar-refractivity contribution in [3.63, 3.8) is 0 Å². The number of carbonyl (C=O) groups is 1. The predicted octanol–water partition coefficient (Wildman–Crippen LogP) is 4.73. The smallest absolute Gasteiger partial charge is 0.274 e. The van der Waals surface area contributed by atoms with Crippen LogP contribution in [0.5, 0.6) is 0 Å². The Morgan fingerprint density at radius 2 is 1.88 bits per heavy atom. The number of halogens is 1. The number of amides is 1. The number of carbonyl (C=O) groups excluding carboxylic acids is 1. The fraction of sp³-hybridized carbons (Fsp3) is 0.100. The number of anilines is 2. The molecule has 1 N–H and O–H groups in total. The lowest BCUT2D eigenvalue weighted by atomic mass is 10.2. The summed E-state index contributed by atoms with van der Waals surface area (Å²) < 4.78 is 0.913. The maximum atomic E-state index is 12.3. The van der Waals surface area contributed by atoms with E-state index in [0.717, 1.165) is 22.4 Å². The fourth-order valence-corrected chi connectivity index (χ4v) is 2.86. The molecule has 3 rings (SSSR count). The van der Waals surface area contributed by atoms with Crippen molar-refractivity contribution in [3.05, 3.63) is 88.7 Å². The Labute approximate surface area is 155 Å². The minimum atomic E-state index is -0.227. The second-order valence-electron chi connectivity index (χ2n) is 5.71. The van der Waals surface area contributed by atoms with Crippen LogP contribution < -0.4 is 10.2 Å². The van der Waals surface area contributed by atoms with Crippen molar-refractivity contribution in [2.75, 3.05) is 17.3 Å². The maximum absolute atomic E-state index is 12.3. The minimum Gasteiger partial charge on any atom is -0.369 e. The summed E-state index contributed by atoms with van der Waals surface area (Å²) in [4.78, 5) is 18.7. The van der Waals surface area contributed by atoms with Gasteiger partial charge in [-0.3, -0.25) is 4.79 Å². The molecule has 0 aliphatic heterocycles. The van der Waals surface area contributed by atoms with Gasteiger partial charge in [0.15, 0.2) is 0 Å². The molecule has 0 atom stereocenters. The summed E-state index contributed by atoms with van der Waals surface area (Å²) in [6, 6.07) is 21.3. The summed E-state index contributed by atoms with van der Waals surface area (Å²) in [5.74, 6) is -0.227. The van der Waals surface area contributed by atoms with Gasteiger partial charge in [-0.2, -0.15) is 0 Å². The predicted molar refractivity (Wildman–Crippen MR) is 105 cm³/mol. The molecule has 1 heterocycles. The van der Waals surface area contributed by atoms with Crippen LogP contribution in [-0.4, -0.2) is 17.9 Å². The van der Waals surface area contributed by atoms with Crippen molar-refractivity contribution in [3.8, 4) is 0 Å². The van der Waals surface area contributed by atoms with E-state index in [1.807, 2.05) is 55.6 Å². The zero-order chi connectivity index (χ0) is 17.6. The number of nitrogens with one attached hydrogen (secondary N) is 1. The Hall–Kier alpha value is -2.66. The molecule has 0 bridgehead atoms. The summed E-state index contributed by atoms with van der Waals surface area (Å²) >= 11 is 3.39. The molecule has 0 saturated carbocycles. The van der Waals surface area contributed by atoms with Gasteiger partial charge < -0.3 is 10.2 Å². The minimum absolute atomic E-state index is 0.227. The standard InChI is InChI=1S/C20H18BrN3O/c1-24(14-15-6-3-2-4-7-15)18-10-11-19(22-13-18)20(25)23-17-9-5-8-16(21)12-17/h2-13H,14H2,1H3,(H,23,25). The Morgan fingerprint density at radius 3 is 2.56 bits per heavy atom. The third-order valence-electron chi connectivity index (χ3n) is 3.77. The zero-order valence-corrected chi connectivity index (χ0v) is 15.4. The second kappa shape index (κ2) is 7.94. The van der Waals surface area contributed by atoms with E-state index in [4.69, 9.17) is 0 Å².